The van der Waals surface area contributed by atoms with Crippen LogP contribution in [0, 0.1) is 19.7 Å². The van der Waals surface area contributed by atoms with Crippen molar-refractivity contribution in [1.29, 1.82) is 0 Å². The number of hydrogen-bond donors (Lipinski definition) is 1. The molecule has 4 rings (SSSR count). The zero-order chi connectivity index (χ0) is 27.8. The molecule has 0 aliphatic carbocycles. The lowest BCUT2D eigenvalue weighted by atomic mass is 9.94. The summed E-state index contributed by atoms with van der Waals surface area (Å²) in [5.41, 5.74) is 6.64. The molecule has 3 aromatic carbocycles. The van der Waals surface area contributed by atoms with Crippen LogP contribution in [-0.4, -0.2) is 24.7 Å². The average Bonchev–Trinajstić information content (AvgIpc) is 2.91. The second-order valence-corrected chi connectivity index (χ2v) is 9.22. The van der Waals surface area contributed by atoms with Crippen LogP contribution >= 0.6 is 0 Å². The van der Waals surface area contributed by atoms with Crippen molar-refractivity contribution in [3.8, 4) is 28.6 Å². The van der Waals surface area contributed by atoms with Crippen molar-refractivity contribution < 1.29 is 23.4 Å². The highest BCUT2D eigenvalue weighted by atomic mass is 19.1. The molecule has 39 heavy (non-hydrogen) atoms. The smallest absolute Gasteiger partial charge is 0.306 e. The van der Waals surface area contributed by atoms with E-state index in [1.807, 2.05) is 36.4 Å². The first-order valence-corrected chi connectivity index (χ1v) is 12.9. The van der Waals surface area contributed by atoms with Gasteiger partial charge in [0.1, 0.15) is 11.6 Å². The number of ether oxygens (including phenoxy) is 3. The summed E-state index contributed by atoms with van der Waals surface area (Å²) < 4.78 is 30.7. The SMILES string of the molecule is CCOC(=O)CCc1ccc(NCc2cccc(-c3c(C)cc(Oc4cccc(OC)n4)cc3C)c2)cc1F. The van der Waals surface area contributed by atoms with Crippen LogP contribution in [0.15, 0.2) is 72.8 Å². The summed E-state index contributed by atoms with van der Waals surface area (Å²) in [6, 6.07) is 22.7. The van der Waals surface area contributed by atoms with Gasteiger partial charge >= 0.3 is 5.97 Å². The zero-order valence-corrected chi connectivity index (χ0v) is 22.7. The van der Waals surface area contributed by atoms with Gasteiger partial charge in [0, 0.05) is 30.8 Å². The van der Waals surface area contributed by atoms with Crippen molar-refractivity contribution in [3.05, 3.63) is 101 Å². The molecule has 1 aromatic heterocycles. The number of esters is 1. The number of nitrogens with zero attached hydrogens (tertiary/aromatic N) is 1. The molecule has 202 valence electrons. The number of halogens is 1. The lowest BCUT2D eigenvalue weighted by Gasteiger charge is -2.15. The molecule has 0 aliphatic heterocycles. The summed E-state index contributed by atoms with van der Waals surface area (Å²) in [5.74, 6) is 1.02. The van der Waals surface area contributed by atoms with E-state index >= 15 is 0 Å². The number of aromatic nitrogens is 1. The van der Waals surface area contributed by atoms with Crippen LogP contribution in [-0.2, 0) is 22.5 Å². The lowest BCUT2D eigenvalue weighted by Crippen LogP contribution is -2.06. The lowest BCUT2D eigenvalue weighted by molar-refractivity contribution is -0.143. The summed E-state index contributed by atoms with van der Waals surface area (Å²) in [7, 11) is 1.57. The molecule has 0 atom stereocenters. The Morgan fingerprint density at radius 2 is 1.69 bits per heavy atom. The van der Waals surface area contributed by atoms with Gasteiger partial charge in [-0.2, -0.15) is 4.98 Å². The number of carbonyl (C=O) groups is 1. The van der Waals surface area contributed by atoms with E-state index < -0.39 is 0 Å². The number of nitrogens with one attached hydrogen (secondary N) is 1. The first-order chi connectivity index (χ1) is 18.9. The molecule has 1 N–H and O–H groups in total. The Morgan fingerprint density at radius 3 is 2.41 bits per heavy atom. The Kier molecular flexibility index (Phi) is 9.15. The molecule has 0 radical (unpaired) electrons. The maximum atomic E-state index is 14.6. The topological polar surface area (TPSA) is 69.7 Å². The molecule has 0 fully saturated rings. The molecule has 0 aliphatic rings. The molecule has 0 saturated heterocycles. The summed E-state index contributed by atoms with van der Waals surface area (Å²) in [6.07, 6.45) is 0.472. The van der Waals surface area contributed by atoms with E-state index in [1.165, 1.54) is 6.07 Å². The molecule has 0 amide bonds. The number of anilines is 1. The second-order valence-electron chi connectivity index (χ2n) is 9.22. The maximum absolute atomic E-state index is 14.6. The summed E-state index contributed by atoms with van der Waals surface area (Å²) >= 11 is 0. The molecule has 0 spiro atoms. The van der Waals surface area contributed by atoms with Gasteiger partial charge in [-0.3, -0.25) is 4.79 Å². The minimum Gasteiger partial charge on any atom is -0.481 e. The van der Waals surface area contributed by atoms with Crippen molar-refractivity contribution in [1.82, 2.24) is 4.98 Å². The number of hydrogen-bond acceptors (Lipinski definition) is 6. The van der Waals surface area contributed by atoms with E-state index in [4.69, 9.17) is 14.2 Å². The van der Waals surface area contributed by atoms with Crippen molar-refractivity contribution in [2.45, 2.75) is 40.2 Å². The van der Waals surface area contributed by atoms with Crippen LogP contribution in [0.3, 0.4) is 0 Å². The van der Waals surface area contributed by atoms with Crippen molar-refractivity contribution in [2.24, 2.45) is 0 Å². The van der Waals surface area contributed by atoms with Crippen LogP contribution in [0.1, 0.15) is 35.6 Å². The molecule has 6 nitrogen and oxygen atoms in total. The summed E-state index contributed by atoms with van der Waals surface area (Å²) in [6.45, 7) is 6.74. The van der Waals surface area contributed by atoms with E-state index in [9.17, 15) is 9.18 Å². The van der Waals surface area contributed by atoms with Gasteiger partial charge in [0.2, 0.25) is 11.8 Å². The molecule has 1 heterocycles. The molecular weight excluding hydrogens is 495 g/mol. The van der Waals surface area contributed by atoms with Gasteiger partial charge < -0.3 is 19.5 Å². The largest absolute Gasteiger partial charge is 0.481 e. The van der Waals surface area contributed by atoms with Gasteiger partial charge in [0.05, 0.1) is 13.7 Å². The van der Waals surface area contributed by atoms with E-state index in [0.29, 0.717) is 48.3 Å². The number of aryl methyl sites for hydroxylation is 3. The van der Waals surface area contributed by atoms with E-state index in [1.54, 1.807) is 32.2 Å². The fourth-order valence-corrected chi connectivity index (χ4v) is 4.50. The number of carbonyl (C=O) groups excluding carboxylic acids is 1. The van der Waals surface area contributed by atoms with Crippen LogP contribution in [0.4, 0.5) is 10.1 Å². The molecule has 0 bridgehead atoms. The highest BCUT2D eigenvalue weighted by Crippen LogP contribution is 2.33. The molecule has 7 heteroatoms. The minimum atomic E-state index is -0.337. The highest BCUT2D eigenvalue weighted by Gasteiger charge is 2.12. The molecular formula is C32H33FN2O4. The normalized spacial score (nSPS) is 10.7. The zero-order valence-electron chi connectivity index (χ0n) is 22.7. The Bertz CT molecular complexity index is 1430. The monoisotopic (exact) mass is 528 g/mol. The minimum absolute atomic E-state index is 0.161. The third-order valence-electron chi connectivity index (χ3n) is 6.30. The number of benzene rings is 3. The Morgan fingerprint density at radius 1 is 0.949 bits per heavy atom. The first-order valence-electron chi connectivity index (χ1n) is 12.9. The third-order valence-corrected chi connectivity index (χ3v) is 6.30. The average molecular weight is 529 g/mol. The predicted molar refractivity (Wildman–Crippen MR) is 151 cm³/mol. The first kappa shape index (κ1) is 27.6. The fraction of sp³-hybridized carbons (Fsp3) is 0.250. The van der Waals surface area contributed by atoms with Crippen LogP contribution in [0.2, 0.25) is 0 Å². The van der Waals surface area contributed by atoms with Gasteiger partial charge in [-0.05, 0) is 90.9 Å². The standard InChI is InChI=1S/C32H33FN2O4/c1-5-38-31(36)15-13-24-12-14-26(19-28(24)33)34-20-23-8-6-9-25(18-23)32-21(2)16-27(17-22(32)3)39-30-11-7-10-29(35-30)37-4/h6-12,14,16-19,34H,5,13,15,20H2,1-4H3. The van der Waals surface area contributed by atoms with Crippen LogP contribution in [0.5, 0.6) is 17.5 Å². The molecule has 0 saturated carbocycles. The third kappa shape index (κ3) is 7.35. The van der Waals surface area contributed by atoms with Gasteiger partial charge in [-0.15, -0.1) is 0 Å². The van der Waals surface area contributed by atoms with E-state index in [0.717, 1.165) is 27.8 Å². The quantitative estimate of drug-likeness (QED) is 0.204. The maximum Gasteiger partial charge on any atom is 0.306 e. The van der Waals surface area contributed by atoms with Crippen LogP contribution < -0.4 is 14.8 Å². The second kappa shape index (κ2) is 12.9. The summed E-state index contributed by atoms with van der Waals surface area (Å²) in [5, 5.41) is 3.30. The molecule has 0 unspecified atom stereocenters. The Hall–Kier alpha value is -4.39. The molecule has 4 aromatic rings. The van der Waals surface area contributed by atoms with Gasteiger partial charge in [-0.1, -0.05) is 30.3 Å². The summed E-state index contributed by atoms with van der Waals surface area (Å²) in [4.78, 5) is 15.9. The van der Waals surface area contributed by atoms with Gasteiger partial charge in [-0.25, -0.2) is 4.39 Å². The van der Waals surface area contributed by atoms with Crippen LogP contribution in [0.25, 0.3) is 11.1 Å². The number of methoxy groups -OCH3 is 1. The number of pyridine rings is 1. The fourth-order valence-electron chi connectivity index (χ4n) is 4.50. The predicted octanol–water partition coefficient (Wildman–Crippen LogP) is 7.41. The van der Waals surface area contributed by atoms with Gasteiger partial charge in [0.15, 0.2) is 0 Å². The Labute approximate surface area is 228 Å². The van der Waals surface area contributed by atoms with E-state index in [-0.39, 0.29) is 18.2 Å². The highest BCUT2D eigenvalue weighted by molar-refractivity contribution is 5.72. The van der Waals surface area contributed by atoms with E-state index in [2.05, 4.69) is 36.3 Å². The van der Waals surface area contributed by atoms with Crippen molar-refractivity contribution >= 4 is 11.7 Å². The van der Waals surface area contributed by atoms with Gasteiger partial charge in [0.25, 0.3) is 0 Å². The Balaban J connectivity index is 1.44. The number of rotatable bonds is 11. The van der Waals surface area contributed by atoms with Crippen molar-refractivity contribution in [3.63, 3.8) is 0 Å². The van der Waals surface area contributed by atoms with Crippen molar-refractivity contribution in [2.75, 3.05) is 19.0 Å².